The van der Waals surface area contributed by atoms with E-state index in [-0.39, 0.29) is 11.5 Å². The van der Waals surface area contributed by atoms with Crippen LogP contribution in [0.15, 0.2) is 107 Å². The third kappa shape index (κ3) is 4.15. The molecular formula is C24H18O2S. The van der Waals surface area contributed by atoms with E-state index >= 15 is 0 Å². The quantitative estimate of drug-likeness (QED) is 0.426. The van der Waals surface area contributed by atoms with Gasteiger partial charge in [-0.2, -0.15) is 0 Å². The molecule has 2 nitrogen and oxygen atoms in total. The van der Waals surface area contributed by atoms with Crippen molar-refractivity contribution in [1.82, 2.24) is 0 Å². The second kappa shape index (κ2) is 7.60. The van der Waals surface area contributed by atoms with Crippen LogP contribution in [0.25, 0.3) is 22.3 Å². The van der Waals surface area contributed by atoms with Gasteiger partial charge in [-0.05, 0) is 70.8 Å². The summed E-state index contributed by atoms with van der Waals surface area (Å²) in [5.74, 6) is 0.555. The number of phenols is 2. The summed E-state index contributed by atoms with van der Waals surface area (Å²) < 4.78 is 0. The van der Waals surface area contributed by atoms with Crippen LogP contribution in [0, 0.1) is 0 Å². The number of aromatic hydroxyl groups is 2. The van der Waals surface area contributed by atoms with E-state index in [1.807, 2.05) is 24.3 Å². The lowest BCUT2D eigenvalue weighted by molar-refractivity contribution is 0.475. The Morgan fingerprint density at radius 3 is 1.44 bits per heavy atom. The Hall–Kier alpha value is -3.17. The van der Waals surface area contributed by atoms with Crippen LogP contribution in [0.3, 0.4) is 0 Å². The molecule has 0 bridgehead atoms. The van der Waals surface area contributed by atoms with E-state index in [2.05, 4.69) is 48.5 Å². The van der Waals surface area contributed by atoms with Gasteiger partial charge in [0.1, 0.15) is 11.5 Å². The fraction of sp³-hybridized carbons (Fsp3) is 0. The summed E-state index contributed by atoms with van der Waals surface area (Å²) in [4.78, 5) is 2.33. The van der Waals surface area contributed by atoms with E-state index in [0.717, 1.165) is 27.1 Å². The fourth-order valence-electron chi connectivity index (χ4n) is 2.91. The Balaban J connectivity index is 1.48. The molecule has 4 aromatic carbocycles. The van der Waals surface area contributed by atoms with Gasteiger partial charge in [0.2, 0.25) is 0 Å². The minimum absolute atomic E-state index is 0.277. The van der Waals surface area contributed by atoms with Crippen LogP contribution >= 0.6 is 11.8 Å². The summed E-state index contributed by atoms with van der Waals surface area (Å²) in [6.45, 7) is 0. The summed E-state index contributed by atoms with van der Waals surface area (Å²) in [6, 6.07) is 31.2. The summed E-state index contributed by atoms with van der Waals surface area (Å²) in [5.41, 5.74) is 4.29. The van der Waals surface area contributed by atoms with E-state index in [4.69, 9.17) is 0 Å². The molecule has 2 N–H and O–H groups in total. The monoisotopic (exact) mass is 370 g/mol. The highest BCUT2D eigenvalue weighted by Gasteiger charge is 2.03. The highest BCUT2D eigenvalue weighted by atomic mass is 32.2. The minimum Gasteiger partial charge on any atom is -0.508 e. The standard InChI is InChI=1S/C24H18O2S/c25-21-10-4-17(5-11-21)18-6-12-23(13-7-18)27-24-14-8-19(9-15-24)20-2-1-3-22(26)16-20/h1-16,25-26H. The average molecular weight is 370 g/mol. The molecule has 27 heavy (non-hydrogen) atoms. The van der Waals surface area contributed by atoms with Crippen molar-refractivity contribution >= 4 is 11.8 Å². The molecule has 0 amide bonds. The normalized spacial score (nSPS) is 10.7. The Morgan fingerprint density at radius 2 is 0.926 bits per heavy atom. The number of benzene rings is 4. The van der Waals surface area contributed by atoms with Crippen molar-refractivity contribution in [3.8, 4) is 33.8 Å². The van der Waals surface area contributed by atoms with Gasteiger partial charge in [0, 0.05) is 9.79 Å². The molecule has 0 saturated carbocycles. The molecule has 0 unspecified atom stereocenters. The van der Waals surface area contributed by atoms with Crippen molar-refractivity contribution in [2.75, 3.05) is 0 Å². The predicted molar refractivity (Wildman–Crippen MR) is 111 cm³/mol. The van der Waals surface area contributed by atoms with Gasteiger partial charge in [0.25, 0.3) is 0 Å². The highest BCUT2D eigenvalue weighted by Crippen LogP contribution is 2.32. The van der Waals surface area contributed by atoms with Crippen molar-refractivity contribution in [2.24, 2.45) is 0 Å². The van der Waals surface area contributed by atoms with Crippen LogP contribution in [0.4, 0.5) is 0 Å². The van der Waals surface area contributed by atoms with Crippen molar-refractivity contribution in [3.05, 3.63) is 97.1 Å². The fourth-order valence-corrected chi connectivity index (χ4v) is 3.72. The lowest BCUT2D eigenvalue weighted by atomic mass is 10.1. The molecule has 4 rings (SSSR count). The number of rotatable bonds is 4. The lowest BCUT2D eigenvalue weighted by Gasteiger charge is -2.07. The van der Waals surface area contributed by atoms with Crippen molar-refractivity contribution in [3.63, 3.8) is 0 Å². The third-order valence-electron chi connectivity index (χ3n) is 4.32. The van der Waals surface area contributed by atoms with Crippen molar-refractivity contribution in [2.45, 2.75) is 9.79 Å². The summed E-state index contributed by atoms with van der Waals surface area (Å²) in [5, 5.41) is 19.0. The molecule has 3 heteroatoms. The molecular weight excluding hydrogens is 352 g/mol. The Kier molecular flexibility index (Phi) is 4.86. The molecule has 132 valence electrons. The van der Waals surface area contributed by atoms with Crippen LogP contribution in [0.5, 0.6) is 11.5 Å². The van der Waals surface area contributed by atoms with Gasteiger partial charge in [-0.15, -0.1) is 0 Å². The van der Waals surface area contributed by atoms with Crippen LogP contribution in [0.2, 0.25) is 0 Å². The Morgan fingerprint density at radius 1 is 0.444 bits per heavy atom. The molecule has 0 spiro atoms. The Labute approximate surface area is 162 Å². The first kappa shape index (κ1) is 17.3. The average Bonchev–Trinajstić information content (AvgIpc) is 2.70. The molecule has 0 aliphatic carbocycles. The van der Waals surface area contributed by atoms with Gasteiger partial charge in [-0.25, -0.2) is 0 Å². The molecule has 0 radical (unpaired) electrons. The summed E-state index contributed by atoms with van der Waals surface area (Å²) in [7, 11) is 0. The zero-order valence-corrected chi connectivity index (χ0v) is 15.4. The van der Waals surface area contributed by atoms with Gasteiger partial charge < -0.3 is 10.2 Å². The molecule has 0 aliphatic rings. The van der Waals surface area contributed by atoms with Crippen molar-refractivity contribution < 1.29 is 10.2 Å². The lowest BCUT2D eigenvalue weighted by Crippen LogP contribution is -1.80. The maximum absolute atomic E-state index is 9.63. The minimum atomic E-state index is 0.277. The SMILES string of the molecule is Oc1ccc(-c2ccc(Sc3ccc(-c4cccc(O)c4)cc3)cc2)cc1. The molecule has 4 aromatic rings. The predicted octanol–water partition coefficient (Wildman–Crippen LogP) is 6.58. The number of phenolic OH excluding ortho intramolecular Hbond substituents is 2. The molecule has 0 heterocycles. The molecule has 0 atom stereocenters. The van der Waals surface area contributed by atoms with E-state index in [0.29, 0.717) is 0 Å². The number of hydrogen-bond acceptors (Lipinski definition) is 3. The van der Waals surface area contributed by atoms with Gasteiger partial charge in [-0.3, -0.25) is 0 Å². The van der Waals surface area contributed by atoms with E-state index in [1.165, 1.54) is 4.90 Å². The smallest absolute Gasteiger partial charge is 0.116 e. The first-order valence-corrected chi connectivity index (χ1v) is 9.46. The van der Waals surface area contributed by atoms with Crippen LogP contribution < -0.4 is 0 Å². The van der Waals surface area contributed by atoms with Gasteiger partial charge in [0.05, 0.1) is 0 Å². The second-order valence-electron chi connectivity index (χ2n) is 6.25. The van der Waals surface area contributed by atoms with Crippen LogP contribution in [-0.2, 0) is 0 Å². The number of hydrogen-bond donors (Lipinski definition) is 2. The second-order valence-corrected chi connectivity index (χ2v) is 7.39. The van der Waals surface area contributed by atoms with Crippen molar-refractivity contribution in [1.29, 1.82) is 0 Å². The van der Waals surface area contributed by atoms with E-state index in [1.54, 1.807) is 36.0 Å². The van der Waals surface area contributed by atoms with Gasteiger partial charge >= 0.3 is 0 Å². The van der Waals surface area contributed by atoms with Crippen LogP contribution in [-0.4, -0.2) is 10.2 Å². The maximum Gasteiger partial charge on any atom is 0.116 e. The topological polar surface area (TPSA) is 40.5 Å². The maximum atomic E-state index is 9.63. The molecule has 0 fully saturated rings. The largest absolute Gasteiger partial charge is 0.508 e. The zero-order valence-electron chi connectivity index (χ0n) is 14.5. The Bertz CT molecular complexity index is 1040. The first-order chi connectivity index (χ1) is 13.2. The first-order valence-electron chi connectivity index (χ1n) is 8.64. The molecule has 0 aliphatic heterocycles. The van der Waals surface area contributed by atoms with Gasteiger partial charge in [-0.1, -0.05) is 60.3 Å². The van der Waals surface area contributed by atoms with Crippen LogP contribution in [0.1, 0.15) is 0 Å². The van der Waals surface area contributed by atoms with Gasteiger partial charge in [0.15, 0.2) is 0 Å². The summed E-state index contributed by atoms with van der Waals surface area (Å²) >= 11 is 1.71. The molecule has 0 saturated heterocycles. The highest BCUT2D eigenvalue weighted by molar-refractivity contribution is 7.99. The third-order valence-corrected chi connectivity index (χ3v) is 5.34. The zero-order chi connectivity index (χ0) is 18.6. The summed E-state index contributed by atoms with van der Waals surface area (Å²) in [6.07, 6.45) is 0. The van der Waals surface area contributed by atoms with E-state index in [9.17, 15) is 10.2 Å². The molecule has 0 aromatic heterocycles. The van der Waals surface area contributed by atoms with E-state index < -0.39 is 0 Å².